The van der Waals surface area contributed by atoms with Crippen LogP contribution in [-0.2, 0) is 4.79 Å². The van der Waals surface area contributed by atoms with Crippen LogP contribution in [0.4, 0.5) is 5.69 Å². The molecule has 1 rings (SSSR count). The number of nitrogens with two attached hydrogens (primary N) is 2. The Kier molecular flexibility index (Phi) is 5.11. The maximum Gasteiger partial charge on any atom is 0.234 e. The molecule has 0 aliphatic carbocycles. The molecule has 1 amide bonds. The number of amides is 1. The predicted octanol–water partition coefficient (Wildman–Crippen LogP) is 1.51. The first-order valence-electron chi connectivity index (χ1n) is 4.75. The Morgan fingerprint density at radius 3 is 2.88 bits per heavy atom. The molecule has 0 spiro atoms. The van der Waals surface area contributed by atoms with Gasteiger partial charge in [0.15, 0.2) is 5.17 Å². The van der Waals surface area contributed by atoms with Gasteiger partial charge >= 0.3 is 0 Å². The molecule has 0 saturated heterocycles. The molecule has 0 radical (unpaired) electrons. The molecule has 1 aromatic carbocycles. The average Bonchev–Trinajstić information content (AvgIpc) is 2.29. The first-order valence-corrected chi connectivity index (χ1v) is 6.11. The second-order valence-electron chi connectivity index (χ2n) is 3.26. The molecule has 0 saturated carbocycles. The molecule has 17 heavy (non-hydrogen) atoms. The number of amidine groups is 1. The molecule has 0 unspecified atom stereocenters. The molecular weight excluding hydrogens is 260 g/mol. The topological polar surface area (TPSA) is 93.5 Å². The molecule has 7 heteroatoms. The van der Waals surface area contributed by atoms with Gasteiger partial charge in [-0.15, -0.1) is 0 Å². The summed E-state index contributed by atoms with van der Waals surface area (Å²) >= 11 is 6.89. The number of rotatable bonds is 3. The van der Waals surface area contributed by atoms with E-state index in [1.807, 2.05) is 6.92 Å². The van der Waals surface area contributed by atoms with E-state index in [2.05, 4.69) is 10.4 Å². The molecule has 0 fully saturated rings. The fourth-order valence-corrected chi connectivity index (χ4v) is 1.78. The Balaban J connectivity index is 2.56. The molecule has 0 heterocycles. The Bertz CT molecular complexity index is 450. The number of nitrogens with zero attached hydrogens (tertiary/aromatic N) is 1. The van der Waals surface area contributed by atoms with Gasteiger partial charge in [0.25, 0.3) is 0 Å². The summed E-state index contributed by atoms with van der Waals surface area (Å²) in [5, 5.41) is 6.81. The van der Waals surface area contributed by atoms with Crippen LogP contribution < -0.4 is 16.9 Å². The largest absolute Gasteiger partial charge is 0.377 e. The minimum absolute atomic E-state index is 0.161. The van der Waals surface area contributed by atoms with E-state index in [9.17, 15) is 4.79 Å². The number of thioether (sulfide) groups is 1. The highest BCUT2D eigenvalue weighted by molar-refractivity contribution is 8.14. The highest BCUT2D eigenvalue weighted by Crippen LogP contribution is 2.19. The lowest BCUT2D eigenvalue weighted by atomic mass is 10.2. The SMILES string of the molecule is Cc1cc(Cl)ccc1NC(=O)CSC(N)=NN. The number of halogens is 1. The minimum Gasteiger partial charge on any atom is -0.377 e. The number of hydrazone groups is 1. The summed E-state index contributed by atoms with van der Waals surface area (Å²) < 4.78 is 0. The van der Waals surface area contributed by atoms with E-state index in [0.717, 1.165) is 23.0 Å². The monoisotopic (exact) mass is 272 g/mol. The maximum absolute atomic E-state index is 11.6. The van der Waals surface area contributed by atoms with Crippen molar-refractivity contribution < 1.29 is 4.79 Å². The Hall–Kier alpha value is -1.40. The third kappa shape index (κ3) is 4.54. The minimum atomic E-state index is -0.174. The van der Waals surface area contributed by atoms with E-state index in [4.69, 9.17) is 23.2 Å². The van der Waals surface area contributed by atoms with Crippen molar-refractivity contribution in [1.82, 2.24) is 0 Å². The molecule has 92 valence electrons. The highest BCUT2D eigenvalue weighted by atomic mass is 35.5. The summed E-state index contributed by atoms with van der Waals surface area (Å²) in [5.74, 6) is 4.93. The lowest BCUT2D eigenvalue weighted by Gasteiger charge is -2.08. The van der Waals surface area contributed by atoms with Crippen LogP contribution in [0.2, 0.25) is 5.02 Å². The van der Waals surface area contributed by atoms with E-state index in [-0.39, 0.29) is 16.8 Å². The van der Waals surface area contributed by atoms with Gasteiger partial charge in [-0.05, 0) is 30.7 Å². The van der Waals surface area contributed by atoms with Crippen molar-refractivity contribution >= 4 is 40.1 Å². The van der Waals surface area contributed by atoms with Gasteiger partial charge in [0, 0.05) is 10.7 Å². The zero-order chi connectivity index (χ0) is 12.8. The van der Waals surface area contributed by atoms with Crippen LogP contribution in [0.25, 0.3) is 0 Å². The van der Waals surface area contributed by atoms with E-state index in [1.54, 1.807) is 18.2 Å². The molecule has 1 aromatic rings. The molecule has 5 nitrogen and oxygen atoms in total. The van der Waals surface area contributed by atoms with E-state index in [0.29, 0.717) is 5.02 Å². The third-order valence-corrected chi connectivity index (χ3v) is 2.98. The summed E-state index contributed by atoms with van der Waals surface area (Å²) in [4.78, 5) is 11.6. The first kappa shape index (κ1) is 13.7. The lowest BCUT2D eigenvalue weighted by molar-refractivity contribution is -0.113. The Morgan fingerprint density at radius 1 is 1.59 bits per heavy atom. The van der Waals surface area contributed by atoms with Crippen LogP contribution in [0.15, 0.2) is 23.3 Å². The van der Waals surface area contributed by atoms with Gasteiger partial charge in [0.1, 0.15) is 0 Å². The van der Waals surface area contributed by atoms with Crippen molar-refractivity contribution in [3.8, 4) is 0 Å². The number of nitrogens with one attached hydrogen (secondary N) is 1. The smallest absolute Gasteiger partial charge is 0.234 e. The summed E-state index contributed by atoms with van der Waals surface area (Å²) in [5.41, 5.74) is 6.98. The van der Waals surface area contributed by atoms with Crippen LogP contribution in [0.5, 0.6) is 0 Å². The molecule has 5 N–H and O–H groups in total. The highest BCUT2D eigenvalue weighted by Gasteiger charge is 2.06. The van der Waals surface area contributed by atoms with Crippen LogP contribution >= 0.6 is 23.4 Å². The summed E-state index contributed by atoms with van der Waals surface area (Å²) in [6.07, 6.45) is 0. The number of hydrogen-bond donors (Lipinski definition) is 3. The number of hydrogen-bond acceptors (Lipinski definition) is 4. The van der Waals surface area contributed by atoms with Crippen molar-refractivity contribution in [3.05, 3.63) is 28.8 Å². The van der Waals surface area contributed by atoms with Gasteiger partial charge in [-0.3, -0.25) is 4.79 Å². The van der Waals surface area contributed by atoms with Crippen molar-refractivity contribution in [1.29, 1.82) is 0 Å². The Labute approximate surface area is 109 Å². The number of carbonyl (C=O) groups excluding carboxylic acids is 1. The second-order valence-corrected chi connectivity index (χ2v) is 4.70. The molecule has 0 aliphatic heterocycles. The number of anilines is 1. The van der Waals surface area contributed by atoms with Gasteiger partial charge in [-0.25, -0.2) is 0 Å². The van der Waals surface area contributed by atoms with Gasteiger partial charge in [0.2, 0.25) is 5.91 Å². The molecule has 0 aliphatic rings. The number of benzene rings is 1. The van der Waals surface area contributed by atoms with Gasteiger partial charge in [-0.2, -0.15) is 5.10 Å². The fourth-order valence-electron chi connectivity index (χ4n) is 1.13. The van der Waals surface area contributed by atoms with E-state index in [1.165, 1.54) is 0 Å². The predicted molar refractivity (Wildman–Crippen MR) is 73.1 cm³/mol. The third-order valence-electron chi connectivity index (χ3n) is 1.94. The molecule has 0 atom stereocenters. The first-order chi connectivity index (χ1) is 8.02. The molecular formula is C10H13ClN4OS. The number of carbonyl (C=O) groups is 1. The van der Waals surface area contributed by atoms with Crippen LogP contribution in [-0.4, -0.2) is 16.8 Å². The van der Waals surface area contributed by atoms with Crippen molar-refractivity contribution in [2.75, 3.05) is 11.1 Å². The van der Waals surface area contributed by atoms with Crippen molar-refractivity contribution in [3.63, 3.8) is 0 Å². The van der Waals surface area contributed by atoms with Crippen LogP contribution in [0.3, 0.4) is 0 Å². The zero-order valence-electron chi connectivity index (χ0n) is 9.24. The summed E-state index contributed by atoms with van der Waals surface area (Å²) in [6, 6.07) is 5.24. The molecule has 0 bridgehead atoms. The summed E-state index contributed by atoms with van der Waals surface area (Å²) in [6.45, 7) is 1.87. The second kappa shape index (κ2) is 6.36. The molecule has 0 aromatic heterocycles. The maximum atomic E-state index is 11.6. The summed E-state index contributed by atoms with van der Waals surface area (Å²) in [7, 11) is 0. The van der Waals surface area contributed by atoms with Crippen molar-refractivity contribution in [2.24, 2.45) is 16.7 Å². The van der Waals surface area contributed by atoms with Crippen LogP contribution in [0, 0.1) is 6.92 Å². The van der Waals surface area contributed by atoms with Crippen molar-refractivity contribution in [2.45, 2.75) is 6.92 Å². The normalized spacial score (nSPS) is 11.3. The number of aryl methyl sites for hydroxylation is 1. The zero-order valence-corrected chi connectivity index (χ0v) is 10.8. The fraction of sp³-hybridized carbons (Fsp3) is 0.200. The van der Waals surface area contributed by atoms with Crippen LogP contribution in [0.1, 0.15) is 5.56 Å². The van der Waals surface area contributed by atoms with Gasteiger partial charge in [-0.1, -0.05) is 23.4 Å². The van der Waals surface area contributed by atoms with E-state index < -0.39 is 0 Å². The standard InChI is InChI=1S/C10H13ClN4OS/c1-6-4-7(11)2-3-8(6)14-9(16)5-17-10(12)15-13/h2-4H,5,13H2,1H3,(H2,12,15)(H,14,16). The van der Waals surface area contributed by atoms with E-state index >= 15 is 0 Å². The van der Waals surface area contributed by atoms with Gasteiger partial charge < -0.3 is 16.9 Å². The Morgan fingerprint density at radius 2 is 2.29 bits per heavy atom. The van der Waals surface area contributed by atoms with Gasteiger partial charge in [0.05, 0.1) is 5.75 Å². The average molecular weight is 273 g/mol. The lowest BCUT2D eigenvalue weighted by Crippen LogP contribution is -2.18. The quantitative estimate of drug-likeness (QED) is 0.336.